The second-order valence-electron chi connectivity index (χ2n) is 8.03. The lowest BCUT2D eigenvalue weighted by molar-refractivity contribution is 0.127. The Kier molecular flexibility index (Phi) is 5.18. The van der Waals surface area contributed by atoms with E-state index in [-0.39, 0.29) is 11.4 Å². The summed E-state index contributed by atoms with van der Waals surface area (Å²) in [6, 6.07) is 9.57. The predicted molar refractivity (Wildman–Crippen MR) is 102 cm³/mol. The highest BCUT2D eigenvalue weighted by Crippen LogP contribution is 2.50. The van der Waals surface area contributed by atoms with E-state index in [0.717, 1.165) is 71.4 Å². The van der Waals surface area contributed by atoms with E-state index in [4.69, 9.17) is 4.74 Å². The molecule has 0 unspecified atom stereocenters. The van der Waals surface area contributed by atoms with E-state index in [0.29, 0.717) is 6.04 Å². The second kappa shape index (κ2) is 7.57. The lowest BCUT2D eigenvalue weighted by Gasteiger charge is -2.41. The third kappa shape index (κ3) is 3.23. The summed E-state index contributed by atoms with van der Waals surface area (Å²) in [5, 5.41) is 3.68. The van der Waals surface area contributed by atoms with Gasteiger partial charge in [0, 0.05) is 51.3 Å². The van der Waals surface area contributed by atoms with Gasteiger partial charge >= 0.3 is 6.03 Å². The number of fused-ring (bicyclic) bond motifs is 2. The first-order valence-electron chi connectivity index (χ1n) is 10.1. The van der Waals surface area contributed by atoms with Crippen molar-refractivity contribution in [1.29, 1.82) is 0 Å². The molecule has 0 aromatic heterocycles. The van der Waals surface area contributed by atoms with Gasteiger partial charge in [-0.05, 0) is 43.2 Å². The highest BCUT2D eigenvalue weighted by Gasteiger charge is 2.46. The van der Waals surface area contributed by atoms with E-state index >= 15 is 0 Å². The topological polar surface area (TPSA) is 44.8 Å². The SMILES string of the molecule is COCCN[C@H]1CC2(CCN(C(=O)N3CCCC3)CC2)c2ccccc21. The van der Waals surface area contributed by atoms with Crippen molar-refractivity contribution in [2.45, 2.75) is 43.6 Å². The number of nitrogens with one attached hydrogen (secondary N) is 1. The molecule has 1 aromatic rings. The number of ether oxygens (including phenoxy) is 1. The number of rotatable bonds is 4. The summed E-state index contributed by atoms with van der Waals surface area (Å²) in [4.78, 5) is 16.8. The Morgan fingerprint density at radius 3 is 2.58 bits per heavy atom. The van der Waals surface area contributed by atoms with E-state index in [9.17, 15) is 4.79 Å². The van der Waals surface area contributed by atoms with Crippen molar-refractivity contribution in [2.75, 3.05) is 46.4 Å². The number of methoxy groups -OCH3 is 1. The van der Waals surface area contributed by atoms with Crippen LogP contribution in [0.4, 0.5) is 4.79 Å². The zero-order valence-electron chi connectivity index (χ0n) is 15.9. The molecule has 5 heteroatoms. The average molecular weight is 357 g/mol. The molecule has 3 aliphatic rings. The summed E-state index contributed by atoms with van der Waals surface area (Å²) in [6.45, 7) is 5.27. The summed E-state index contributed by atoms with van der Waals surface area (Å²) in [5.74, 6) is 0. The Labute approximate surface area is 156 Å². The molecule has 1 aliphatic carbocycles. The Balaban J connectivity index is 1.45. The molecule has 2 fully saturated rings. The zero-order chi connectivity index (χ0) is 18.0. The van der Waals surface area contributed by atoms with Crippen molar-refractivity contribution in [1.82, 2.24) is 15.1 Å². The summed E-state index contributed by atoms with van der Waals surface area (Å²) in [6.07, 6.45) is 5.61. The fraction of sp³-hybridized carbons (Fsp3) is 0.667. The van der Waals surface area contributed by atoms with Gasteiger partial charge in [-0.25, -0.2) is 4.79 Å². The molecule has 5 nitrogen and oxygen atoms in total. The van der Waals surface area contributed by atoms with E-state index in [1.165, 1.54) is 11.1 Å². The van der Waals surface area contributed by atoms with Crippen molar-refractivity contribution in [3.63, 3.8) is 0 Å². The number of carbonyl (C=O) groups is 1. The van der Waals surface area contributed by atoms with Gasteiger partial charge in [0.25, 0.3) is 0 Å². The van der Waals surface area contributed by atoms with Gasteiger partial charge in [-0.2, -0.15) is 0 Å². The van der Waals surface area contributed by atoms with Crippen LogP contribution in [0, 0.1) is 0 Å². The van der Waals surface area contributed by atoms with Crippen LogP contribution in [0.25, 0.3) is 0 Å². The number of carbonyl (C=O) groups excluding carboxylic acids is 1. The van der Waals surface area contributed by atoms with Crippen molar-refractivity contribution in [3.8, 4) is 0 Å². The van der Waals surface area contributed by atoms with Crippen LogP contribution in [0.3, 0.4) is 0 Å². The molecule has 0 saturated carbocycles. The fourth-order valence-corrected chi connectivity index (χ4v) is 5.12. The Morgan fingerprint density at radius 2 is 1.85 bits per heavy atom. The van der Waals surface area contributed by atoms with Crippen LogP contribution in [0.5, 0.6) is 0 Å². The Bertz CT molecular complexity index is 634. The van der Waals surface area contributed by atoms with Crippen LogP contribution in [-0.2, 0) is 10.2 Å². The smallest absolute Gasteiger partial charge is 0.319 e. The average Bonchev–Trinajstić information content (AvgIpc) is 3.31. The molecule has 0 bridgehead atoms. The van der Waals surface area contributed by atoms with Gasteiger partial charge in [0.05, 0.1) is 6.61 Å². The van der Waals surface area contributed by atoms with Crippen molar-refractivity contribution in [3.05, 3.63) is 35.4 Å². The minimum atomic E-state index is 0.225. The normalized spacial score (nSPS) is 24.3. The largest absolute Gasteiger partial charge is 0.383 e. The van der Waals surface area contributed by atoms with Crippen LogP contribution in [-0.4, -0.2) is 62.3 Å². The van der Waals surface area contributed by atoms with Crippen LogP contribution >= 0.6 is 0 Å². The zero-order valence-corrected chi connectivity index (χ0v) is 15.9. The van der Waals surface area contributed by atoms with Gasteiger partial charge in [0.2, 0.25) is 0 Å². The number of hydrogen-bond donors (Lipinski definition) is 1. The molecule has 1 N–H and O–H groups in total. The molecular weight excluding hydrogens is 326 g/mol. The first-order chi connectivity index (χ1) is 12.7. The van der Waals surface area contributed by atoms with Crippen LogP contribution in [0.2, 0.25) is 0 Å². The van der Waals surface area contributed by atoms with E-state index in [2.05, 4.69) is 34.5 Å². The molecule has 2 saturated heterocycles. The van der Waals surface area contributed by atoms with Crippen molar-refractivity contribution in [2.24, 2.45) is 0 Å². The molecule has 2 heterocycles. The highest BCUT2D eigenvalue weighted by molar-refractivity contribution is 5.75. The van der Waals surface area contributed by atoms with Crippen molar-refractivity contribution >= 4 is 6.03 Å². The van der Waals surface area contributed by atoms with Gasteiger partial charge in [0.1, 0.15) is 0 Å². The fourth-order valence-electron chi connectivity index (χ4n) is 5.12. The summed E-state index contributed by atoms with van der Waals surface area (Å²) in [5.41, 5.74) is 3.18. The number of nitrogens with zero attached hydrogens (tertiary/aromatic N) is 2. The number of urea groups is 1. The number of amides is 2. The van der Waals surface area contributed by atoms with Gasteiger partial charge < -0.3 is 19.9 Å². The molecule has 142 valence electrons. The molecule has 26 heavy (non-hydrogen) atoms. The van der Waals surface area contributed by atoms with Crippen LogP contribution in [0.15, 0.2) is 24.3 Å². The first kappa shape index (κ1) is 17.8. The molecule has 0 radical (unpaired) electrons. The third-order valence-electron chi connectivity index (χ3n) is 6.57. The summed E-state index contributed by atoms with van der Waals surface area (Å²) >= 11 is 0. The number of likely N-dealkylation sites (tertiary alicyclic amines) is 2. The van der Waals surface area contributed by atoms with Crippen LogP contribution < -0.4 is 5.32 Å². The Morgan fingerprint density at radius 1 is 1.15 bits per heavy atom. The monoisotopic (exact) mass is 357 g/mol. The molecule has 1 atom stereocenters. The highest BCUT2D eigenvalue weighted by atomic mass is 16.5. The maximum atomic E-state index is 12.7. The molecule has 4 rings (SSSR count). The Hall–Kier alpha value is -1.59. The van der Waals surface area contributed by atoms with E-state index < -0.39 is 0 Å². The lowest BCUT2D eigenvalue weighted by atomic mass is 9.73. The number of benzene rings is 1. The summed E-state index contributed by atoms with van der Waals surface area (Å²) in [7, 11) is 1.75. The van der Waals surface area contributed by atoms with Gasteiger partial charge in [-0.3, -0.25) is 0 Å². The number of hydrogen-bond acceptors (Lipinski definition) is 3. The maximum absolute atomic E-state index is 12.7. The molecule has 2 amide bonds. The standard InChI is InChI=1S/C21H31N3O2/c1-26-15-10-22-19-16-21(18-7-3-2-6-17(18)19)8-13-24(14-9-21)20(25)23-11-4-5-12-23/h2-3,6-7,19,22H,4-5,8-16H2,1H3/t19-/m0/s1. The molecule has 1 spiro atoms. The van der Waals surface area contributed by atoms with E-state index in [1.807, 2.05) is 4.90 Å². The maximum Gasteiger partial charge on any atom is 0.319 e. The quantitative estimate of drug-likeness (QED) is 0.843. The van der Waals surface area contributed by atoms with Gasteiger partial charge in [-0.15, -0.1) is 0 Å². The minimum Gasteiger partial charge on any atom is -0.383 e. The summed E-state index contributed by atoms with van der Waals surface area (Å²) < 4.78 is 5.20. The number of piperidine rings is 1. The third-order valence-corrected chi connectivity index (χ3v) is 6.57. The second-order valence-corrected chi connectivity index (χ2v) is 8.03. The first-order valence-corrected chi connectivity index (χ1v) is 10.1. The van der Waals surface area contributed by atoms with Crippen LogP contribution in [0.1, 0.15) is 49.3 Å². The molecule has 1 aromatic carbocycles. The predicted octanol–water partition coefficient (Wildman–Crippen LogP) is 2.92. The van der Waals surface area contributed by atoms with Gasteiger partial charge in [-0.1, -0.05) is 24.3 Å². The lowest BCUT2D eigenvalue weighted by Crippen LogP contribution is -2.49. The van der Waals surface area contributed by atoms with Gasteiger partial charge in [0.15, 0.2) is 0 Å². The minimum absolute atomic E-state index is 0.225. The van der Waals surface area contributed by atoms with E-state index in [1.54, 1.807) is 7.11 Å². The van der Waals surface area contributed by atoms with Crippen molar-refractivity contribution < 1.29 is 9.53 Å². The molecular formula is C21H31N3O2. The molecule has 2 aliphatic heterocycles.